The van der Waals surface area contributed by atoms with E-state index in [0.717, 1.165) is 0 Å². The maximum absolute atomic E-state index is 10.1. The summed E-state index contributed by atoms with van der Waals surface area (Å²) >= 11 is 0. The minimum atomic E-state index is -5.25. The Labute approximate surface area is 90.0 Å². The van der Waals surface area contributed by atoms with Crippen LogP contribution < -0.4 is 14.7 Å². The van der Waals surface area contributed by atoms with Crippen molar-refractivity contribution in [1.29, 1.82) is 0 Å². The summed E-state index contributed by atoms with van der Waals surface area (Å²) in [4.78, 5) is 29.2. The normalized spacial score (nSPS) is 15.9. The van der Waals surface area contributed by atoms with Crippen LogP contribution in [0.2, 0.25) is 0 Å². The SMILES string of the molecule is C.O=[P+]([O-])OP(=O)([O-])O[P+](=O)[O-].[Pt]. The molecule has 0 N–H and O–H groups in total. The molecule has 2 atom stereocenters. The van der Waals surface area contributed by atoms with Crippen molar-refractivity contribution in [3.8, 4) is 0 Å². The van der Waals surface area contributed by atoms with Gasteiger partial charge < -0.3 is 14.7 Å². The molecule has 0 aromatic heterocycles. The molecule has 0 saturated carbocycles. The van der Waals surface area contributed by atoms with Crippen LogP contribution in [0.15, 0.2) is 0 Å². The van der Waals surface area contributed by atoms with Gasteiger partial charge in [-0.25, -0.2) is 0 Å². The number of hydrogen-bond acceptors (Lipinski definition) is 8. The second-order valence-corrected chi connectivity index (χ2v) is 4.15. The second kappa shape index (κ2) is 8.25. The molecule has 0 radical (unpaired) electrons. The fourth-order valence-electron chi connectivity index (χ4n) is 0.178. The van der Waals surface area contributed by atoms with E-state index in [-0.39, 0.29) is 28.5 Å². The van der Waals surface area contributed by atoms with Crippen LogP contribution in [0.1, 0.15) is 7.43 Å². The average Bonchev–Trinajstić information content (AvgIpc) is 1.53. The smallest absolute Gasteiger partial charge is 0.496 e. The third-order valence-electron chi connectivity index (χ3n) is 0.333. The topological polar surface area (TPSA) is 139 Å². The Morgan fingerprint density at radius 3 is 1.46 bits per heavy atom. The van der Waals surface area contributed by atoms with Crippen LogP contribution in [0.4, 0.5) is 0 Å². The summed E-state index contributed by atoms with van der Waals surface area (Å²) in [6.07, 6.45) is 0. The summed E-state index contributed by atoms with van der Waals surface area (Å²) in [5.74, 6) is 0. The second-order valence-electron chi connectivity index (χ2n) is 1.06. The molecule has 82 valence electrons. The fourth-order valence-corrected chi connectivity index (χ4v) is 1.87. The molecule has 0 aliphatic rings. The van der Waals surface area contributed by atoms with Crippen molar-refractivity contribution < 1.29 is 58.1 Å². The van der Waals surface area contributed by atoms with Gasteiger partial charge in [0.1, 0.15) is 0 Å². The first-order valence-electron chi connectivity index (χ1n) is 1.83. The predicted octanol–water partition coefficient (Wildman–Crippen LogP) is -0.843. The maximum atomic E-state index is 10.1. The third kappa shape index (κ3) is 12.9. The number of rotatable bonds is 4. The Hall–Kier alpha value is 0.918. The van der Waals surface area contributed by atoms with E-state index in [1.165, 1.54) is 0 Å². The van der Waals surface area contributed by atoms with Crippen LogP contribution in [0.25, 0.3) is 0 Å². The molecule has 0 saturated heterocycles. The summed E-state index contributed by atoms with van der Waals surface area (Å²) in [7, 11) is -12.6. The first kappa shape index (κ1) is 19.5. The molecular formula is CH4O8P3Pt-. The maximum Gasteiger partial charge on any atom is 0.496 e. The summed E-state index contributed by atoms with van der Waals surface area (Å²) in [5, 5.41) is 0. The van der Waals surface area contributed by atoms with Gasteiger partial charge in [-0.05, 0) is 9.13 Å². The molecular weight excluding hydrogens is 428 g/mol. The van der Waals surface area contributed by atoms with Gasteiger partial charge in [0.05, 0.1) is 0 Å². The van der Waals surface area contributed by atoms with Crippen molar-refractivity contribution in [2.75, 3.05) is 0 Å². The molecule has 0 aliphatic carbocycles. The summed E-state index contributed by atoms with van der Waals surface area (Å²) in [5.41, 5.74) is 0. The van der Waals surface area contributed by atoms with Gasteiger partial charge in [-0.2, -0.15) is 0 Å². The zero-order chi connectivity index (χ0) is 9.07. The molecule has 0 bridgehead atoms. The van der Waals surface area contributed by atoms with Crippen LogP contribution in [0.3, 0.4) is 0 Å². The van der Waals surface area contributed by atoms with E-state index < -0.39 is 24.3 Å². The molecule has 2 unspecified atom stereocenters. The largest absolute Gasteiger partial charge is 0.750 e. The molecule has 13 heavy (non-hydrogen) atoms. The van der Waals surface area contributed by atoms with Crippen LogP contribution in [0.5, 0.6) is 0 Å². The summed E-state index contributed by atoms with van der Waals surface area (Å²) < 4.78 is 35.4. The molecule has 0 aliphatic heterocycles. The van der Waals surface area contributed by atoms with E-state index in [2.05, 4.69) is 8.62 Å². The Bertz CT molecular complexity index is 205. The number of phosphoric acid groups is 1. The average molecular weight is 432 g/mol. The van der Waals surface area contributed by atoms with Crippen molar-refractivity contribution in [1.82, 2.24) is 0 Å². The first-order valence-corrected chi connectivity index (χ1v) is 5.48. The monoisotopic (exact) mass is 432 g/mol. The van der Waals surface area contributed by atoms with E-state index in [9.17, 15) is 28.4 Å². The zero-order valence-corrected chi connectivity index (χ0v) is 9.88. The van der Waals surface area contributed by atoms with Crippen LogP contribution >= 0.6 is 24.3 Å². The van der Waals surface area contributed by atoms with Crippen molar-refractivity contribution in [2.45, 2.75) is 7.43 Å². The van der Waals surface area contributed by atoms with Gasteiger partial charge in [0.25, 0.3) is 0 Å². The van der Waals surface area contributed by atoms with Crippen molar-refractivity contribution in [3.63, 3.8) is 0 Å². The third-order valence-corrected chi connectivity index (χ3v) is 3.00. The van der Waals surface area contributed by atoms with E-state index in [4.69, 9.17) is 0 Å². The van der Waals surface area contributed by atoms with Crippen molar-refractivity contribution >= 4 is 24.3 Å². The van der Waals surface area contributed by atoms with Crippen molar-refractivity contribution in [2.24, 2.45) is 0 Å². The van der Waals surface area contributed by atoms with E-state index in [1.807, 2.05) is 0 Å². The molecule has 0 heterocycles. The molecule has 0 fully saturated rings. The molecule has 12 heteroatoms. The van der Waals surface area contributed by atoms with Gasteiger partial charge in [-0.1, -0.05) is 16.0 Å². The van der Waals surface area contributed by atoms with Crippen LogP contribution in [0, 0.1) is 0 Å². The fraction of sp³-hybridized carbons (Fsp3) is 1.00. The van der Waals surface area contributed by atoms with Crippen molar-refractivity contribution in [3.05, 3.63) is 0 Å². The van der Waals surface area contributed by atoms with Gasteiger partial charge in [0.2, 0.25) is 0 Å². The molecule has 0 spiro atoms. The molecule has 0 amide bonds. The van der Waals surface area contributed by atoms with Gasteiger partial charge >= 0.3 is 24.3 Å². The molecule has 0 aromatic carbocycles. The summed E-state index contributed by atoms with van der Waals surface area (Å²) in [6.45, 7) is 0. The van der Waals surface area contributed by atoms with E-state index in [0.29, 0.717) is 0 Å². The van der Waals surface area contributed by atoms with Gasteiger partial charge in [-0.3, -0.25) is 4.57 Å². The van der Waals surface area contributed by atoms with E-state index >= 15 is 0 Å². The van der Waals surface area contributed by atoms with Gasteiger partial charge in [0, 0.05) is 21.1 Å². The molecule has 0 rings (SSSR count). The standard InChI is InChI=1S/CH4.HO8P3.Pt/c;1-9(2)7-11(5,6)8-10(3)4;/h1H4;(H,5,6);/p-1. The quantitative estimate of drug-likeness (QED) is 0.524. The minimum Gasteiger partial charge on any atom is -0.750 e. The Morgan fingerprint density at radius 1 is 1.08 bits per heavy atom. The minimum absolute atomic E-state index is 0. The van der Waals surface area contributed by atoms with Crippen LogP contribution in [-0.4, -0.2) is 0 Å². The van der Waals surface area contributed by atoms with Gasteiger partial charge in [-0.15, -0.1) is 0 Å². The first-order chi connectivity index (χ1) is 4.83. The van der Waals surface area contributed by atoms with Crippen LogP contribution in [-0.2, 0) is 43.4 Å². The van der Waals surface area contributed by atoms with E-state index in [1.54, 1.807) is 0 Å². The Morgan fingerprint density at radius 2 is 1.31 bits per heavy atom. The zero-order valence-electron chi connectivity index (χ0n) is 4.92. The Kier molecular flexibility index (Phi) is 12.4. The predicted molar refractivity (Wildman–Crippen MR) is 31.7 cm³/mol. The molecule has 0 aromatic rings. The summed E-state index contributed by atoms with van der Waals surface area (Å²) in [6, 6.07) is 0. The Balaban J connectivity index is -0.000000500. The number of hydrogen-bond donors (Lipinski definition) is 0. The van der Waals surface area contributed by atoms with Gasteiger partial charge in [0.15, 0.2) is 0 Å². The molecule has 8 nitrogen and oxygen atoms in total.